The van der Waals surface area contributed by atoms with Gasteiger partial charge in [-0.15, -0.1) is 10.2 Å². The summed E-state index contributed by atoms with van der Waals surface area (Å²) in [7, 11) is 0. The molecule has 0 bridgehead atoms. The molecule has 0 saturated heterocycles. The van der Waals surface area contributed by atoms with Crippen molar-refractivity contribution in [2.24, 2.45) is 0 Å². The molecule has 2 aromatic rings. The molecule has 0 spiro atoms. The smallest absolute Gasteiger partial charge is 0.267 e. The molecule has 1 aromatic carbocycles. The second kappa shape index (κ2) is 6.96. The Balaban J connectivity index is 1.65. The minimum atomic E-state index is -0.557. The van der Waals surface area contributed by atoms with E-state index in [0.717, 1.165) is 11.4 Å². The Morgan fingerprint density at radius 1 is 1.38 bits per heavy atom. The van der Waals surface area contributed by atoms with E-state index < -0.39 is 6.10 Å². The molecule has 0 aliphatic carbocycles. The Bertz CT molecular complexity index is 761. The first kappa shape index (κ1) is 16.4. The van der Waals surface area contributed by atoms with Gasteiger partial charge in [-0.3, -0.25) is 9.59 Å². The summed E-state index contributed by atoms with van der Waals surface area (Å²) in [5.41, 5.74) is 0.692. The van der Waals surface area contributed by atoms with Gasteiger partial charge < -0.3 is 15.0 Å². The first-order chi connectivity index (χ1) is 11.6. The third-order valence-corrected chi connectivity index (χ3v) is 4.63. The number of fused-ring (bicyclic) bond motifs is 1. The standard InChI is InChI=1S/C16H18N4O3S/c1-3-14-18-19-16(24-14)17-13(21)8-9-20-11-6-4-5-7-12(11)23-10(2)15(20)22/h4-7,10H,3,8-9H2,1-2H3,(H,17,19,21). The Morgan fingerprint density at radius 2 is 2.17 bits per heavy atom. The number of aromatic nitrogens is 2. The fraction of sp³-hybridized carbons (Fsp3) is 0.375. The molecule has 1 atom stereocenters. The quantitative estimate of drug-likeness (QED) is 0.897. The predicted molar refractivity (Wildman–Crippen MR) is 91.4 cm³/mol. The molecule has 24 heavy (non-hydrogen) atoms. The molecule has 3 rings (SSSR count). The Kier molecular flexibility index (Phi) is 4.75. The topological polar surface area (TPSA) is 84.4 Å². The molecule has 126 valence electrons. The maximum atomic E-state index is 12.4. The van der Waals surface area contributed by atoms with Gasteiger partial charge in [-0.05, 0) is 25.5 Å². The van der Waals surface area contributed by atoms with E-state index in [1.165, 1.54) is 11.3 Å². The number of rotatable bonds is 5. The highest BCUT2D eigenvalue weighted by atomic mass is 32.1. The fourth-order valence-electron chi connectivity index (χ4n) is 2.43. The molecule has 0 fully saturated rings. The highest BCUT2D eigenvalue weighted by Gasteiger charge is 2.31. The normalized spacial score (nSPS) is 16.5. The van der Waals surface area contributed by atoms with Crippen molar-refractivity contribution in [3.63, 3.8) is 0 Å². The summed E-state index contributed by atoms with van der Waals surface area (Å²) in [5, 5.41) is 12.0. The van der Waals surface area contributed by atoms with E-state index in [0.29, 0.717) is 16.6 Å². The number of carbonyl (C=O) groups excluding carboxylic acids is 2. The van der Waals surface area contributed by atoms with Crippen molar-refractivity contribution in [3.05, 3.63) is 29.3 Å². The van der Waals surface area contributed by atoms with Gasteiger partial charge in [0.25, 0.3) is 5.91 Å². The highest BCUT2D eigenvalue weighted by Crippen LogP contribution is 2.33. The van der Waals surface area contributed by atoms with Crippen molar-refractivity contribution in [2.75, 3.05) is 16.8 Å². The van der Waals surface area contributed by atoms with Crippen LogP contribution in [0.15, 0.2) is 24.3 Å². The van der Waals surface area contributed by atoms with Crippen LogP contribution in [0.2, 0.25) is 0 Å². The molecule has 1 aliphatic heterocycles. The average Bonchev–Trinajstić information content (AvgIpc) is 3.03. The summed E-state index contributed by atoms with van der Waals surface area (Å²) in [6.07, 6.45) is 0.399. The van der Waals surface area contributed by atoms with Crippen LogP contribution in [0.4, 0.5) is 10.8 Å². The van der Waals surface area contributed by atoms with Crippen LogP contribution in [-0.4, -0.2) is 34.7 Å². The molecule has 7 nitrogen and oxygen atoms in total. The zero-order valence-electron chi connectivity index (χ0n) is 13.5. The molecule has 2 amide bonds. The number of carbonyl (C=O) groups is 2. The summed E-state index contributed by atoms with van der Waals surface area (Å²) >= 11 is 1.36. The lowest BCUT2D eigenvalue weighted by Crippen LogP contribution is -2.45. The Hall–Kier alpha value is -2.48. The number of hydrogen-bond donors (Lipinski definition) is 1. The molecule has 8 heteroatoms. The van der Waals surface area contributed by atoms with Gasteiger partial charge in [0.05, 0.1) is 5.69 Å². The second-order valence-electron chi connectivity index (χ2n) is 5.37. The van der Waals surface area contributed by atoms with Crippen LogP contribution in [0.25, 0.3) is 0 Å². The van der Waals surface area contributed by atoms with Gasteiger partial charge >= 0.3 is 0 Å². The van der Waals surface area contributed by atoms with Crippen molar-refractivity contribution >= 4 is 34.0 Å². The van der Waals surface area contributed by atoms with Crippen LogP contribution < -0.4 is 15.0 Å². The SMILES string of the molecule is CCc1nnc(NC(=O)CCN2C(=O)C(C)Oc3ccccc32)s1. The van der Waals surface area contributed by atoms with Gasteiger partial charge in [-0.1, -0.05) is 30.4 Å². The number of anilines is 2. The summed E-state index contributed by atoms with van der Waals surface area (Å²) in [6, 6.07) is 7.33. The van der Waals surface area contributed by atoms with E-state index >= 15 is 0 Å². The number of nitrogens with zero attached hydrogens (tertiary/aromatic N) is 3. The first-order valence-electron chi connectivity index (χ1n) is 7.77. The van der Waals surface area contributed by atoms with E-state index in [9.17, 15) is 9.59 Å². The minimum Gasteiger partial charge on any atom is -0.479 e. The number of ether oxygens (including phenoxy) is 1. The third-order valence-electron chi connectivity index (χ3n) is 3.65. The monoisotopic (exact) mass is 346 g/mol. The van der Waals surface area contributed by atoms with Crippen LogP contribution in [-0.2, 0) is 16.0 Å². The van der Waals surface area contributed by atoms with Gasteiger partial charge in [0, 0.05) is 13.0 Å². The van der Waals surface area contributed by atoms with E-state index in [2.05, 4.69) is 15.5 Å². The molecular formula is C16H18N4O3S. The summed E-state index contributed by atoms with van der Waals surface area (Å²) in [4.78, 5) is 26.1. The zero-order valence-corrected chi connectivity index (χ0v) is 14.3. The van der Waals surface area contributed by atoms with Gasteiger partial charge in [0.1, 0.15) is 10.8 Å². The van der Waals surface area contributed by atoms with Gasteiger partial charge in [0.2, 0.25) is 11.0 Å². The maximum absolute atomic E-state index is 12.4. The molecule has 2 heterocycles. The van der Waals surface area contributed by atoms with Gasteiger partial charge in [-0.25, -0.2) is 0 Å². The predicted octanol–water partition coefficient (Wildman–Crippen LogP) is 2.24. The number of hydrogen-bond acceptors (Lipinski definition) is 6. The molecule has 0 saturated carbocycles. The number of nitrogens with one attached hydrogen (secondary N) is 1. The van der Waals surface area contributed by atoms with Crippen molar-refractivity contribution < 1.29 is 14.3 Å². The number of para-hydroxylation sites is 2. The lowest BCUT2D eigenvalue weighted by atomic mass is 10.1. The van der Waals surface area contributed by atoms with Crippen LogP contribution in [0.3, 0.4) is 0 Å². The van der Waals surface area contributed by atoms with E-state index in [1.807, 2.05) is 31.2 Å². The maximum Gasteiger partial charge on any atom is 0.267 e. The van der Waals surface area contributed by atoms with E-state index in [-0.39, 0.29) is 24.8 Å². The van der Waals surface area contributed by atoms with Gasteiger partial charge in [0.15, 0.2) is 6.10 Å². The van der Waals surface area contributed by atoms with Crippen molar-refractivity contribution in [1.82, 2.24) is 10.2 Å². The summed E-state index contributed by atoms with van der Waals surface area (Å²) in [6.45, 7) is 3.97. The van der Waals surface area contributed by atoms with Crippen molar-refractivity contribution in [3.8, 4) is 5.75 Å². The Morgan fingerprint density at radius 3 is 2.92 bits per heavy atom. The van der Waals surface area contributed by atoms with E-state index in [4.69, 9.17) is 4.74 Å². The van der Waals surface area contributed by atoms with Crippen molar-refractivity contribution in [2.45, 2.75) is 32.8 Å². The second-order valence-corrected chi connectivity index (χ2v) is 6.43. The van der Waals surface area contributed by atoms with Crippen LogP contribution in [0.1, 0.15) is 25.3 Å². The molecule has 1 aromatic heterocycles. The number of aryl methyl sites for hydroxylation is 1. The molecule has 0 radical (unpaired) electrons. The lowest BCUT2D eigenvalue weighted by molar-refractivity contribution is -0.125. The highest BCUT2D eigenvalue weighted by molar-refractivity contribution is 7.15. The van der Waals surface area contributed by atoms with Gasteiger partial charge in [-0.2, -0.15) is 0 Å². The van der Waals surface area contributed by atoms with Crippen molar-refractivity contribution in [1.29, 1.82) is 0 Å². The zero-order chi connectivity index (χ0) is 17.1. The molecule has 1 N–H and O–H groups in total. The van der Waals surface area contributed by atoms with Crippen LogP contribution in [0, 0.1) is 0 Å². The third kappa shape index (κ3) is 3.38. The van der Waals surface area contributed by atoms with E-state index in [1.54, 1.807) is 11.8 Å². The largest absolute Gasteiger partial charge is 0.479 e. The average molecular weight is 346 g/mol. The molecule has 1 unspecified atom stereocenters. The van der Waals surface area contributed by atoms with Crippen LogP contribution >= 0.6 is 11.3 Å². The fourth-order valence-corrected chi connectivity index (χ4v) is 3.13. The number of amides is 2. The minimum absolute atomic E-state index is 0.148. The first-order valence-corrected chi connectivity index (χ1v) is 8.59. The van der Waals surface area contributed by atoms with Crippen LogP contribution in [0.5, 0.6) is 5.75 Å². The Labute approximate surface area is 143 Å². The number of benzene rings is 1. The lowest BCUT2D eigenvalue weighted by Gasteiger charge is -2.32. The summed E-state index contributed by atoms with van der Waals surface area (Å²) in [5.74, 6) is 0.311. The molecular weight excluding hydrogens is 328 g/mol. The molecule has 1 aliphatic rings. The summed E-state index contributed by atoms with van der Waals surface area (Å²) < 4.78 is 5.58.